The molecular formula is C13H24N2O4. The van der Waals surface area contributed by atoms with Crippen LogP contribution in [-0.2, 0) is 14.3 Å². The van der Waals surface area contributed by atoms with Gasteiger partial charge in [0.25, 0.3) is 0 Å². The van der Waals surface area contributed by atoms with Crippen LogP contribution in [-0.4, -0.2) is 61.3 Å². The minimum atomic E-state index is -0.710. The molecule has 1 fully saturated rings. The summed E-state index contributed by atoms with van der Waals surface area (Å²) >= 11 is 0. The summed E-state index contributed by atoms with van der Waals surface area (Å²) < 4.78 is 4.78. The molecule has 0 bridgehead atoms. The molecule has 6 heteroatoms. The Kier molecular flexibility index (Phi) is 6.24. The molecule has 2 atom stereocenters. The Bertz CT molecular complexity index is 320. The van der Waals surface area contributed by atoms with Crippen LogP contribution in [0.3, 0.4) is 0 Å². The van der Waals surface area contributed by atoms with Crippen molar-refractivity contribution in [1.29, 1.82) is 0 Å². The molecule has 0 radical (unpaired) electrons. The first-order chi connectivity index (χ1) is 8.93. The third kappa shape index (κ3) is 5.16. The zero-order valence-corrected chi connectivity index (χ0v) is 11.9. The van der Waals surface area contributed by atoms with Gasteiger partial charge in [0.05, 0.1) is 18.6 Å². The maximum absolute atomic E-state index is 11.9. The predicted molar refractivity (Wildman–Crippen MR) is 70.4 cm³/mol. The SMILES string of the molecule is COCC(O)CNC(=O)C1CC(=O)N(CC(C)C)C1. The Morgan fingerprint density at radius 3 is 2.84 bits per heavy atom. The van der Waals surface area contributed by atoms with Gasteiger partial charge in [-0.15, -0.1) is 0 Å². The van der Waals surface area contributed by atoms with Crippen molar-refractivity contribution in [3.8, 4) is 0 Å². The van der Waals surface area contributed by atoms with E-state index in [0.29, 0.717) is 19.0 Å². The van der Waals surface area contributed by atoms with Crippen LogP contribution >= 0.6 is 0 Å². The van der Waals surface area contributed by atoms with E-state index < -0.39 is 6.10 Å². The van der Waals surface area contributed by atoms with Crippen LogP contribution in [0.4, 0.5) is 0 Å². The summed E-state index contributed by atoms with van der Waals surface area (Å²) in [5.41, 5.74) is 0. The molecule has 0 aromatic carbocycles. The third-order valence-corrected chi connectivity index (χ3v) is 3.04. The summed E-state index contributed by atoms with van der Waals surface area (Å²) in [5.74, 6) is -0.0451. The molecule has 0 saturated carbocycles. The van der Waals surface area contributed by atoms with Gasteiger partial charge < -0.3 is 20.1 Å². The van der Waals surface area contributed by atoms with Crippen molar-refractivity contribution in [3.05, 3.63) is 0 Å². The molecule has 6 nitrogen and oxygen atoms in total. The van der Waals surface area contributed by atoms with Crippen molar-refractivity contribution in [2.75, 3.05) is 33.4 Å². The number of carbonyl (C=O) groups excluding carboxylic acids is 2. The number of nitrogens with zero attached hydrogens (tertiary/aromatic N) is 1. The predicted octanol–water partition coefficient (Wildman–Crippen LogP) is -0.386. The summed E-state index contributed by atoms with van der Waals surface area (Å²) in [6, 6.07) is 0. The summed E-state index contributed by atoms with van der Waals surface area (Å²) in [6.07, 6.45) is -0.448. The number of likely N-dealkylation sites (tertiary alicyclic amines) is 1. The van der Waals surface area contributed by atoms with E-state index in [4.69, 9.17) is 4.74 Å². The number of nitrogens with one attached hydrogen (secondary N) is 1. The maximum atomic E-state index is 11.9. The normalized spacial score (nSPS) is 21.0. The highest BCUT2D eigenvalue weighted by atomic mass is 16.5. The standard InChI is InChI=1S/C13H24N2O4/c1-9(2)6-15-7-10(4-12(15)17)13(18)14-5-11(16)8-19-3/h9-11,16H,4-8H2,1-3H3,(H,14,18). The van der Waals surface area contributed by atoms with Gasteiger partial charge in [-0.25, -0.2) is 0 Å². The third-order valence-electron chi connectivity index (χ3n) is 3.04. The second-order valence-corrected chi connectivity index (χ2v) is 5.45. The number of carbonyl (C=O) groups is 2. The average molecular weight is 272 g/mol. The van der Waals surface area contributed by atoms with Gasteiger partial charge in [0.15, 0.2) is 0 Å². The molecule has 2 N–H and O–H groups in total. The summed E-state index contributed by atoms with van der Waals surface area (Å²) in [4.78, 5) is 25.4. The lowest BCUT2D eigenvalue weighted by Crippen LogP contribution is -2.39. The second kappa shape index (κ2) is 7.45. The minimum absolute atomic E-state index is 0.0336. The molecule has 1 aliphatic rings. The fourth-order valence-corrected chi connectivity index (χ4v) is 2.18. The van der Waals surface area contributed by atoms with Crippen LogP contribution < -0.4 is 5.32 Å². The quantitative estimate of drug-likeness (QED) is 0.662. The number of amides is 2. The molecule has 1 rings (SSSR count). The van der Waals surface area contributed by atoms with E-state index in [-0.39, 0.29) is 37.3 Å². The lowest BCUT2D eigenvalue weighted by atomic mass is 10.1. The molecule has 1 heterocycles. The average Bonchev–Trinajstić information content (AvgIpc) is 2.67. The fourth-order valence-electron chi connectivity index (χ4n) is 2.18. The Balaban J connectivity index is 2.36. The van der Waals surface area contributed by atoms with Crippen LogP contribution in [0.2, 0.25) is 0 Å². The molecular weight excluding hydrogens is 248 g/mol. The molecule has 0 spiro atoms. The van der Waals surface area contributed by atoms with E-state index in [9.17, 15) is 14.7 Å². The first-order valence-corrected chi connectivity index (χ1v) is 6.66. The van der Waals surface area contributed by atoms with E-state index in [1.54, 1.807) is 4.90 Å². The van der Waals surface area contributed by atoms with Gasteiger partial charge >= 0.3 is 0 Å². The molecule has 0 aliphatic carbocycles. The van der Waals surface area contributed by atoms with Crippen LogP contribution in [0.1, 0.15) is 20.3 Å². The van der Waals surface area contributed by atoms with E-state index in [1.165, 1.54) is 7.11 Å². The van der Waals surface area contributed by atoms with Gasteiger partial charge in [-0.1, -0.05) is 13.8 Å². The number of hydrogen-bond acceptors (Lipinski definition) is 4. The molecule has 19 heavy (non-hydrogen) atoms. The van der Waals surface area contributed by atoms with Crippen LogP contribution in [0, 0.1) is 11.8 Å². The number of aliphatic hydroxyl groups is 1. The smallest absolute Gasteiger partial charge is 0.225 e. The Morgan fingerprint density at radius 2 is 2.26 bits per heavy atom. The zero-order chi connectivity index (χ0) is 14.4. The number of aliphatic hydroxyl groups excluding tert-OH is 1. The van der Waals surface area contributed by atoms with Gasteiger partial charge in [0.2, 0.25) is 11.8 Å². The molecule has 0 aromatic heterocycles. The zero-order valence-electron chi connectivity index (χ0n) is 11.9. The largest absolute Gasteiger partial charge is 0.389 e. The Morgan fingerprint density at radius 1 is 1.58 bits per heavy atom. The minimum Gasteiger partial charge on any atom is -0.389 e. The van der Waals surface area contributed by atoms with E-state index in [0.717, 1.165) is 0 Å². The van der Waals surface area contributed by atoms with Crippen LogP contribution in [0.5, 0.6) is 0 Å². The van der Waals surface area contributed by atoms with Crippen molar-refractivity contribution in [2.45, 2.75) is 26.4 Å². The lowest BCUT2D eigenvalue weighted by molar-refractivity contribution is -0.129. The van der Waals surface area contributed by atoms with Crippen LogP contribution in [0.15, 0.2) is 0 Å². The Hall–Kier alpha value is -1.14. The van der Waals surface area contributed by atoms with Gasteiger partial charge in [-0.2, -0.15) is 0 Å². The number of ether oxygens (including phenoxy) is 1. The van der Waals surface area contributed by atoms with E-state index >= 15 is 0 Å². The van der Waals surface area contributed by atoms with Crippen molar-refractivity contribution < 1.29 is 19.4 Å². The van der Waals surface area contributed by atoms with Crippen molar-refractivity contribution >= 4 is 11.8 Å². The highest BCUT2D eigenvalue weighted by Gasteiger charge is 2.34. The number of hydrogen-bond donors (Lipinski definition) is 2. The first-order valence-electron chi connectivity index (χ1n) is 6.66. The van der Waals surface area contributed by atoms with Gasteiger partial charge in [-0.05, 0) is 5.92 Å². The molecule has 110 valence electrons. The van der Waals surface area contributed by atoms with Gasteiger partial charge in [0.1, 0.15) is 0 Å². The van der Waals surface area contributed by atoms with Gasteiger partial charge in [-0.3, -0.25) is 9.59 Å². The highest BCUT2D eigenvalue weighted by Crippen LogP contribution is 2.19. The molecule has 2 unspecified atom stereocenters. The van der Waals surface area contributed by atoms with Crippen molar-refractivity contribution in [3.63, 3.8) is 0 Å². The molecule has 1 aliphatic heterocycles. The molecule has 0 aromatic rings. The topological polar surface area (TPSA) is 78.9 Å². The highest BCUT2D eigenvalue weighted by molar-refractivity contribution is 5.89. The van der Waals surface area contributed by atoms with Crippen molar-refractivity contribution in [2.24, 2.45) is 11.8 Å². The summed E-state index contributed by atoms with van der Waals surface area (Å²) in [6.45, 7) is 5.59. The fraction of sp³-hybridized carbons (Fsp3) is 0.846. The molecule has 1 saturated heterocycles. The van der Waals surface area contributed by atoms with Crippen molar-refractivity contribution in [1.82, 2.24) is 10.2 Å². The number of methoxy groups -OCH3 is 1. The lowest BCUT2D eigenvalue weighted by Gasteiger charge is -2.19. The second-order valence-electron chi connectivity index (χ2n) is 5.45. The Labute approximate surface area is 114 Å². The molecule has 2 amide bonds. The summed E-state index contributed by atoms with van der Waals surface area (Å²) in [5, 5.41) is 12.1. The van der Waals surface area contributed by atoms with E-state index in [2.05, 4.69) is 5.32 Å². The van der Waals surface area contributed by atoms with E-state index in [1.807, 2.05) is 13.8 Å². The number of rotatable bonds is 7. The van der Waals surface area contributed by atoms with Crippen LogP contribution in [0.25, 0.3) is 0 Å². The first kappa shape index (κ1) is 15.9. The monoisotopic (exact) mass is 272 g/mol. The van der Waals surface area contributed by atoms with Gasteiger partial charge in [0, 0.05) is 33.2 Å². The maximum Gasteiger partial charge on any atom is 0.225 e. The summed E-state index contributed by atoms with van der Waals surface area (Å²) in [7, 11) is 1.49.